The third kappa shape index (κ3) is 4.20. The van der Waals surface area contributed by atoms with E-state index in [1.54, 1.807) is 0 Å². The molecule has 0 fully saturated rings. The van der Waals surface area contributed by atoms with Crippen molar-refractivity contribution in [3.63, 3.8) is 0 Å². The molecule has 100 valence electrons. The van der Waals surface area contributed by atoms with Gasteiger partial charge in [0.15, 0.2) is 0 Å². The van der Waals surface area contributed by atoms with Gasteiger partial charge in [0.05, 0.1) is 0 Å². The fraction of sp³-hybridized carbons (Fsp3) is 0.143. The Morgan fingerprint density at radius 2 is 1.74 bits per heavy atom. The Kier molecular flexibility index (Phi) is 5.32. The van der Waals surface area contributed by atoms with E-state index in [-0.39, 0.29) is 6.04 Å². The molecule has 0 aliphatic rings. The maximum atomic E-state index is 6.22. The minimum absolute atomic E-state index is 0.145. The summed E-state index contributed by atoms with van der Waals surface area (Å²) < 4.78 is 1.88. The van der Waals surface area contributed by atoms with Gasteiger partial charge in [-0.25, -0.2) is 0 Å². The van der Waals surface area contributed by atoms with Gasteiger partial charge in [0.25, 0.3) is 0 Å². The Hall–Kier alpha value is -0.0600. The van der Waals surface area contributed by atoms with Crippen molar-refractivity contribution in [2.45, 2.75) is 12.5 Å². The molecule has 0 aliphatic carbocycles. The molecule has 0 spiro atoms. The minimum atomic E-state index is -0.145. The second-order valence-corrected chi connectivity index (χ2v) is 6.92. The average Bonchev–Trinajstić information content (AvgIpc) is 2.31. The van der Waals surface area contributed by atoms with E-state index in [0.717, 1.165) is 20.1 Å². The van der Waals surface area contributed by atoms with Crippen molar-refractivity contribution in [1.29, 1.82) is 0 Å². The Bertz CT molecular complexity index is 582. The zero-order chi connectivity index (χ0) is 14.0. The first kappa shape index (κ1) is 15.3. The van der Waals surface area contributed by atoms with Gasteiger partial charge in [-0.15, -0.1) is 0 Å². The zero-order valence-electron chi connectivity index (χ0n) is 9.84. The number of nitrogens with two attached hydrogens (primary N) is 1. The third-order valence-corrected chi connectivity index (χ3v) is 4.29. The largest absolute Gasteiger partial charge is 0.324 e. The summed E-state index contributed by atoms with van der Waals surface area (Å²) in [7, 11) is 0. The van der Waals surface area contributed by atoms with Crippen LogP contribution in [-0.2, 0) is 6.42 Å². The lowest BCUT2D eigenvalue weighted by atomic mass is 10.00. The lowest BCUT2D eigenvalue weighted by molar-refractivity contribution is 0.721. The fourth-order valence-corrected chi connectivity index (χ4v) is 3.47. The molecular weight excluding hydrogens is 413 g/mol. The second-order valence-electron chi connectivity index (χ2n) is 4.25. The molecule has 0 radical (unpaired) electrons. The molecule has 0 bridgehead atoms. The van der Waals surface area contributed by atoms with Crippen LogP contribution in [0.15, 0.2) is 45.3 Å². The standard InChI is InChI=1S/C14H11Br2Cl2N/c15-10-2-1-8(13(18)7-10)5-14(19)9-3-11(16)6-12(17)4-9/h1-4,6-7,14H,5,19H2. The van der Waals surface area contributed by atoms with Crippen LogP contribution in [0.2, 0.25) is 10.0 Å². The number of rotatable bonds is 3. The molecule has 0 aliphatic heterocycles. The van der Waals surface area contributed by atoms with Crippen molar-refractivity contribution in [1.82, 2.24) is 0 Å². The number of halogens is 4. The molecule has 0 heterocycles. The van der Waals surface area contributed by atoms with Gasteiger partial charge >= 0.3 is 0 Å². The summed E-state index contributed by atoms with van der Waals surface area (Å²) in [4.78, 5) is 0. The highest BCUT2D eigenvalue weighted by Gasteiger charge is 2.11. The summed E-state index contributed by atoms with van der Waals surface area (Å²) in [5.74, 6) is 0. The smallest absolute Gasteiger partial charge is 0.0449 e. The van der Waals surface area contributed by atoms with Crippen molar-refractivity contribution < 1.29 is 0 Å². The van der Waals surface area contributed by atoms with E-state index in [2.05, 4.69) is 31.9 Å². The van der Waals surface area contributed by atoms with Crippen molar-refractivity contribution >= 4 is 55.1 Å². The van der Waals surface area contributed by atoms with Crippen LogP contribution in [0.25, 0.3) is 0 Å². The van der Waals surface area contributed by atoms with Crippen LogP contribution < -0.4 is 5.73 Å². The first-order chi connectivity index (χ1) is 8.95. The van der Waals surface area contributed by atoms with Crippen LogP contribution in [0, 0.1) is 0 Å². The predicted molar refractivity (Wildman–Crippen MR) is 88.9 cm³/mol. The summed E-state index contributed by atoms with van der Waals surface area (Å²) in [5.41, 5.74) is 8.23. The fourth-order valence-electron chi connectivity index (χ4n) is 1.83. The van der Waals surface area contributed by atoms with E-state index < -0.39 is 0 Å². The van der Waals surface area contributed by atoms with Crippen LogP contribution >= 0.6 is 55.1 Å². The Morgan fingerprint density at radius 3 is 2.37 bits per heavy atom. The molecule has 2 aromatic carbocycles. The van der Waals surface area contributed by atoms with E-state index in [1.165, 1.54) is 0 Å². The Balaban J connectivity index is 2.22. The Labute approximate surface area is 139 Å². The lowest BCUT2D eigenvalue weighted by Gasteiger charge is -2.14. The van der Waals surface area contributed by atoms with Crippen LogP contribution in [0.5, 0.6) is 0 Å². The molecule has 5 heteroatoms. The van der Waals surface area contributed by atoms with Crippen molar-refractivity contribution in [2.24, 2.45) is 5.73 Å². The highest BCUT2D eigenvalue weighted by Crippen LogP contribution is 2.28. The van der Waals surface area contributed by atoms with Crippen LogP contribution in [-0.4, -0.2) is 0 Å². The van der Waals surface area contributed by atoms with Crippen molar-refractivity contribution in [3.05, 3.63) is 66.5 Å². The summed E-state index contributed by atoms with van der Waals surface area (Å²) in [5, 5.41) is 1.38. The Morgan fingerprint density at radius 1 is 1.00 bits per heavy atom. The number of hydrogen-bond acceptors (Lipinski definition) is 1. The predicted octanol–water partition coefficient (Wildman–Crippen LogP) is 5.76. The van der Waals surface area contributed by atoms with Gasteiger partial charge < -0.3 is 5.73 Å². The van der Waals surface area contributed by atoms with E-state index in [0.29, 0.717) is 16.5 Å². The van der Waals surface area contributed by atoms with Gasteiger partial charge in [0.1, 0.15) is 0 Å². The van der Waals surface area contributed by atoms with Gasteiger partial charge in [0, 0.05) is 25.0 Å². The minimum Gasteiger partial charge on any atom is -0.324 e. The topological polar surface area (TPSA) is 26.0 Å². The van der Waals surface area contributed by atoms with Gasteiger partial charge in [-0.3, -0.25) is 0 Å². The molecule has 1 unspecified atom stereocenters. The van der Waals surface area contributed by atoms with E-state index >= 15 is 0 Å². The zero-order valence-corrected chi connectivity index (χ0v) is 14.5. The first-order valence-corrected chi connectivity index (χ1v) is 7.95. The molecule has 0 aromatic heterocycles. The highest BCUT2D eigenvalue weighted by molar-refractivity contribution is 9.10. The summed E-state index contributed by atoms with van der Waals surface area (Å²) >= 11 is 19.0. The average molecular weight is 424 g/mol. The quantitative estimate of drug-likeness (QED) is 0.667. The second kappa shape index (κ2) is 6.59. The first-order valence-electron chi connectivity index (χ1n) is 5.61. The van der Waals surface area contributed by atoms with Gasteiger partial charge in [-0.05, 0) is 47.9 Å². The van der Waals surface area contributed by atoms with E-state index in [4.69, 9.17) is 28.9 Å². The SMILES string of the molecule is NC(Cc1ccc(Br)cc1Cl)c1cc(Cl)cc(Br)c1. The normalized spacial score (nSPS) is 12.5. The van der Waals surface area contributed by atoms with E-state index in [1.807, 2.05) is 36.4 Å². The van der Waals surface area contributed by atoms with Crippen molar-refractivity contribution in [3.8, 4) is 0 Å². The molecule has 19 heavy (non-hydrogen) atoms. The monoisotopic (exact) mass is 421 g/mol. The van der Waals surface area contributed by atoms with Crippen LogP contribution in [0.4, 0.5) is 0 Å². The van der Waals surface area contributed by atoms with E-state index in [9.17, 15) is 0 Å². The van der Waals surface area contributed by atoms with Gasteiger partial charge in [0.2, 0.25) is 0 Å². The number of benzene rings is 2. The van der Waals surface area contributed by atoms with Gasteiger partial charge in [-0.1, -0.05) is 61.1 Å². The summed E-state index contributed by atoms with van der Waals surface area (Å²) in [6.45, 7) is 0. The molecule has 0 saturated carbocycles. The molecule has 1 nitrogen and oxygen atoms in total. The molecule has 1 atom stereocenters. The van der Waals surface area contributed by atoms with Gasteiger partial charge in [-0.2, -0.15) is 0 Å². The third-order valence-electron chi connectivity index (χ3n) is 2.77. The maximum Gasteiger partial charge on any atom is 0.0449 e. The molecule has 2 N–H and O–H groups in total. The highest BCUT2D eigenvalue weighted by atomic mass is 79.9. The molecule has 0 amide bonds. The number of hydrogen-bond donors (Lipinski definition) is 1. The molecule has 0 saturated heterocycles. The summed E-state index contributed by atoms with van der Waals surface area (Å²) in [6, 6.07) is 11.4. The molecule has 2 aromatic rings. The maximum absolute atomic E-state index is 6.22. The van der Waals surface area contributed by atoms with Crippen molar-refractivity contribution in [2.75, 3.05) is 0 Å². The molecule has 2 rings (SSSR count). The summed E-state index contributed by atoms with van der Waals surface area (Å²) in [6.07, 6.45) is 0.666. The lowest BCUT2D eigenvalue weighted by Crippen LogP contribution is -2.13. The van der Waals surface area contributed by atoms with Crippen LogP contribution in [0.3, 0.4) is 0 Å². The van der Waals surface area contributed by atoms with Crippen LogP contribution in [0.1, 0.15) is 17.2 Å². The molecular formula is C14H11Br2Cl2N.